The van der Waals surface area contributed by atoms with Crippen LogP contribution in [0.3, 0.4) is 0 Å². The van der Waals surface area contributed by atoms with Crippen molar-refractivity contribution in [2.45, 2.75) is 12.6 Å². The molecule has 0 bridgehead atoms. The van der Waals surface area contributed by atoms with Gasteiger partial charge in [0.25, 0.3) is 0 Å². The number of ether oxygens (including phenoxy) is 1. The van der Waals surface area contributed by atoms with Gasteiger partial charge in [-0.25, -0.2) is 4.98 Å². The first-order valence-corrected chi connectivity index (χ1v) is 6.70. The molecule has 1 atom stereocenters. The maximum Gasteiger partial charge on any atom is 0.149 e. The lowest BCUT2D eigenvalue weighted by Crippen LogP contribution is -2.13. The average molecular weight is 308 g/mol. The summed E-state index contributed by atoms with van der Waals surface area (Å²) >= 11 is 13.0. The van der Waals surface area contributed by atoms with E-state index in [0.717, 1.165) is 0 Å². The first kappa shape index (κ1) is 13.8. The summed E-state index contributed by atoms with van der Waals surface area (Å²) < 4.78 is 7.10. The largest absolute Gasteiger partial charge is 0.383 e. The van der Waals surface area contributed by atoms with Crippen molar-refractivity contribution in [2.24, 2.45) is 0 Å². The number of aromatic nitrogens is 3. The Kier molecular flexibility index (Phi) is 4.58. The molecular weight excluding hydrogens is 297 g/mol. The molecule has 0 aromatic carbocycles. The number of hydrogen-bond acceptors (Lipinski definition) is 5. The Bertz CT molecular complexity index is 529. The maximum absolute atomic E-state index is 10.3. The molecule has 18 heavy (non-hydrogen) atoms. The highest BCUT2D eigenvalue weighted by Gasteiger charge is 2.22. The molecule has 0 aliphatic rings. The molecule has 0 saturated carbocycles. The second-order valence-corrected chi connectivity index (χ2v) is 5.60. The molecule has 2 aromatic rings. The smallest absolute Gasteiger partial charge is 0.149 e. The molecule has 2 heterocycles. The molecule has 0 radical (unpaired) electrons. The third-order valence-electron chi connectivity index (χ3n) is 2.33. The highest BCUT2D eigenvalue weighted by molar-refractivity contribution is 7.15. The third-order valence-corrected chi connectivity index (χ3v) is 3.79. The van der Waals surface area contributed by atoms with Crippen molar-refractivity contribution < 1.29 is 9.84 Å². The summed E-state index contributed by atoms with van der Waals surface area (Å²) in [6, 6.07) is 0. The molecule has 2 aromatic heterocycles. The minimum absolute atomic E-state index is 0.393. The zero-order chi connectivity index (χ0) is 13.1. The monoisotopic (exact) mass is 307 g/mol. The van der Waals surface area contributed by atoms with Crippen LogP contribution in [0.4, 0.5) is 0 Å². The van der Waals surface area contributed by atoms with Crippen LogP contribution >= 0.6 is 34.5 Å². The fraction of sp³-hybridized carbons (Fsp3) is 0.400. The average Bonchev–Trinajstić information content (AvgIpc) is 2.92. The number of nitrogens with zero attached hydrogens (tertiary/aromatic N) is 3. The van der Waals surface area contributed by atoms with Gasteiger partial charge in [-0.15, -0.1) is 11.3 Å². The van der Waals surface area contributed by atoms with E-state index in [1.165, 1.54) is 23.7 Å². The van der Waals surface area contributed by atoms with E-state index in [1.807, 2.05) is 0 Å². The predicted octanol–water partition coefficient (Wildman–Crippen LogP) is 2.37. The summed E-state index contributed by atoms with van der Waals surface area (Å²) in [5.41, 5.74) is 0.500. The van der Waals surface area contributed by atoms with Crippen LogP contribution in [0.1, 0.15) is 16.8 Å². The molecule has 0 aliphatic carbocycles. The molecule has 0 spiro atoms. The number of aliphatic hydroxyl groups is 1. The number of aliphatic hydroxyl groups excluding tert-OH is 1. The Morgan fingerprint density at radius 2 is 2.28 bits per heavy atom. The van der Waals surface area contributed by atoms with E-state index in [9.17, 15) is 5.11 Å². The van der Waals surface area contributed by atoms with Crippen molar-refractivity contribution in [2.75, 3.05) is 13.7 Å². The van der Waals surface area contributed by atoms with E-state index in [2.05, 4.69) is 10.1 Å². The Hall–Kier alpha value is -0.660. The van der Waals surface area contributed by atoms with E-state index >= 15 is 0 Å². The molecule has 8 heteroatoms. The van der Waals surface area contributed by atoms with Crippen LogP contribution in [0, 0.1) is 0 Å². The van der Waals surface area contributed by atoms with Crippen molar-refractivity contribution in [1.29, 1.82) is 0 Å². The van der Waals surface area contributed by atoms with Gasteiger partial charge in [0.15, 0.2) is 0 Å². The Morgan fingerprint density at radius 3 is 2.89 bits per heavy atom. The number of rotatable bonds is 5. The second kappa shape index (κ2) is 5.99. The summed E-state index contributed by atoms with van der Waals surface area (Å²) in [5.74, 6) is 0. The Morgan fingerprint density at radius 1 is 1.50 bits per heavy atom. The van der Waals surface area contributed by atoms with Crippen LogP contribution in [0.15, 0.2) is 12.4 Å². The third kappa shape index (κ3) is 2.84. The van der Waals surface area contributed by atoms with Gasteiger partial charge in [-0.2, -0.15) is 5.10 Å². The predicted molar refractivity (Wildman–Crippen MR) is 70.3 cm³/mol. The molecule has 98 valence electrons. The minimum atomic E-state index is -0.936. The van der Waals surface area contributed by atoms with Gasteiger partial charge in [-0.3, -0.25) is 4.68 Å². The number of halogens is 2. The topological polar surface area (TPSA) is 60.2 Å². The first-order valence-electron chi connectivity index (χ1n) is 5.13. The van der Waals surface area contributed by atoms with Gasteiger partial charge in [0.2, 0.25) is 0 Å². The lowest BCUT2D eigenvalue weighted by molar-refractivity contribution is 0.171. The number of hydrogen-bond donors (Lipinski definition) is 1. The molecule has 1 N–H and O–H groups in total. The van der Waals surface area contributed by atoms with Crippen LogP contribution in [0.5, 0.6) is 0 Å². The lowest BCUT2D eigenvalue weighted by Gasteiger charge is -2.11. The van der Waals surface area contributed by atoms with E-state index in [4.69, 9.17) is 27.9 Å². The molecule has 1 unspecified atom stereocenters. The lowest BCUT2D eigenvalue weighted by atomic mass is 10.2. The minimum Gasteiger partial charge on any atom is -0.383 e. The second-order valence-electron chi connectivity index (χ2n) is 3.50. The fourth-order valence-corrected chi connectivity index (χ4v) is 2.67. The molecule has 0 saturated heterocycles. The Labute approximate surface area is 118 Å². The van der Waals surface area contributed by atoms with Gasteiger partial charge in [0.05, 0.1) is 36.3 Å². The highest BCUT2D eigenvalue weighted by Crippen LogP contribution is 2.32. The highest BCUT2D eigenvalue weighted by atomic mass is 35.5. The maximum atomic E-state index is 10.3. The van der Waals surface area contributed by atoms with Gasteiger partial charge < -0.3 is 9.84 Å². The van der Waals surface area contributed by atoms with E-state index in [-0.39, 0.29) is 0 Å². The summed E-state index contributed by atoms with van der Waals surface area (Å²) in [6.07, 6.45) is 2.05. The van der Waals surface area contributed by atoms with Crippen molar-refractivity contribution in [3.05, 3.63) is 32.5 Å². The zero-order valence-corrected chi connectivity index (χ0v) is 11.8. The standard InChI is InChI=1S/C10H11Cl2N3O2S/c1-17-3-2-15-8(6(11)4-14-15)9(16)10-13-5-7(12)18-10/h4-5,9,16H,2-3H2,1H3. The number of thiazole rings is 1. The van der Waals surface area contributed by atoms with Gasteiger partial charge in [0.1, 0.15) is 15.4 Å². The van der Waals surface area contributed by atoms with Crippen LogP contribution in [-0.2, 0) is 11.3 Å². The number of methoxy groups -OCH3 is 1. The van der Waals surface area contributed by atoms with Crippen molar-refractivity contribution in [3.8, 4) is 0 Å². The Balaban J connectivity index is 2.28. The summed E-state index contributed by atoms with van der Waals surface area (Å²) in [7, 11) is 1.60. The summed E-state index contributed by atoms with van der Waals surface area (Å²) in [4.78, 5) is 4.04. The van der Waals surface area contributed by atoms with E-state index < -0.39 is 6.10 Å². The van der Waals surface area contributed by atoms with Crippen LogP contribution in [0.2, 0.25) is 9.36 Å². The van der Waals surface area contributed by atoms with Gasteiger partial charge in [-0.05, 0) is 0 Å². The van der Waals surface area contributed by atoms with Gasteiger partial charge in [0, 0.05) is 7.11 Å². The van der Waals surface area contributed by atoms with Crippen molar-refractivity contribution in [3.63, 3.8) is 0 Å². The van der Waals surface area contributed by atoms with Crippen LogP contribution < -0.4 is 0 Å². The normalized spacial score (nSPS) is 12.9. The zero-order valence-electron chi connectivity index (χ0n) is 9.51. The van der Waals surface area contributed by atoms with Crippen molar-refractivity contribution in [1.82, 2.24) is 14.8 Å². The SMILES string of the molecule is COCCn1ncc(Cl)c1C(O)c1ncc(Cl)s1. The molecular formula is C10H11Cl2N3O2S. The molecule has 5 nitrogen and oxygen atoms in total. The quantitative estimate of drug-likeness (QED) is 0.921. The van der Waals surface area contributed by atoms with Crippen LogP contribution in [-0.4, -0.2) is 33.6 Å². The van der Waals surface area contributed by atoms with E-state index in [1.54, 1.807) is 11.8 Å². The fourth-order valence-electron chi connectivity index (χ4n) is 1.51. The first-order chi connectivity index (χ1) is 8.63. The molecule has 2 rings (SSSR count). The van der Waals surface area contributed by atoms with Crippen molar-refractivity contribution >= 4 is 34.5 Å². The molecule has 0 amide bonds. The summed E-state index contributed by atoms with van der Waals surface area (Å²) in [6.45, 7) is 0.991. The molecule has 0 fully saturated rings. The van der Waals surface area contributed by atoms with Gasteiger partial charge >= 0.3 is 0 Å². The molecule has 0 aliphatic heterocycles. The van der Waals surface area contributed by atoms with Gasteiger partial charge in [-0.1, -0.05) is 23.2 Å². The van der Waals surface area contributed by atoms with Crippen LogP contribution in [0.25, 0.3) is 0 Å². The summed E-state index contributed by atoms with van der Waals surface area (Å²) in [5, 5.41) is 15.2. The van der Waals surface area contributed by atoms with E-state index in [0.29, 0.717) is 33.2 Å².